The first-order valence-corrected chi connectivity index (χ1v) is 9.96. The third-order valence-corrected chi connectivity index (χ3v) is 4.92. The Balaban J connectivity index is 1.95. The van der Waals surface area contributed by atoms with Crippen LogP contribution in [0.5, 0.6) is 5.75 Å². The molecule has 1 N–H and O–H groups in total. The number of anilines is 1. The Hall–Kier alpha value is -4.24. The zero-order valence-corrected chi connectivity index (χ0v) is 16.9. The van der Waals surface area contributed by atoms with Crippen LogP contribution in [0.25, 0.3) is 10.9 Å². The molecule has 152 valence electrons. The molecule has 2 aromatic carbocycles. The second-order valence-electron chi connectivity index (χ2n) is 6.88. The third kappa shape index (κ3) is 4.21. The second-order valence-corrected chi connectivity index (χ2v) is 6.88. The molecule has 1 atom stereocenters. The molecule has 0 aliphatic heterocycles. The van der Waals surface area contributed by atoms with Gasteiger partial charge >= 0.3 is 5.97 Å². The second kappa shape index (κ2) is 9.06. The highest BCUT2D eigenvalue weighted by atomic mass is 16.5. The van der Waals surface area contributed by atoms with E-state index in [2.05, 4.69) is 21.4 Å². The van der Waals surface area contributed by atoms with Gasteiger partial charge in [0.1, 0.15) is 11.3 Å². The number of hydrogen-bond acceptors (Lipinski definition) is 6. The van der Waals surface area contributed by atoms with Gasteiger partial charge in [-0.25, -0.2) is 4.98 Å². The van der Waals surface area contributed by atoms with Crippen LogP contribution in [0, 0.1) is 11.3 Å². The van der Waals surface area contributed by atoms with Crippen molar-refractivity contribution in [2.24, 2.45) is 0 Å². The first-order chi connectivity index (χ1) is 15.2. The molecular weight excluding hydrogens is 388 g/mol. The average molecular weight is 408 g/mol. The van der Waals surface area contributed by atoms with E-state index in [9.17, 15) is 10.1 Å². The smallest absolute Gasteiger partial charge is 0.310 e. The summed E-state index contributed by atoms with van der Waals surface area (Å²) >= 11 is 0. The number of esters is 1. The first-order valence-electron chi connectivity index (χ1n) is 9.96. The fraction of sp³-hybridized carbons (Fsp3) is 0.120. The number of ether oxygens (including phenoxy) is 1. The minimum absolute atomic E-state index is 0.232. The van der Waals surface area contributed by atoms with Gasteiger partial charge in [-0.15, -0.1) is 0 Å². The Morgan fingerprint density at radius 2 is 1.81 bits per heavy atom. The van der Waals surface area contributed by atoms with Crippen LogP contribution >= 0.6 is 0 Å². The first kappa shape index (κ1) is 20.0. The molecular formula is C25H20N4O2. The lowest BCUT2D eigenvalue weighted by molar-refractivity contribution is -0.133. The van der Waals surface area contributed by atoms with E-state index in [0.29, 0.717) is 28.2 Å². The summed E-state index contributed by atoms with van der Waals surface area (Å²) in [5, 5.41) is 14.0. The number of hydrogen-bond donors (Lipinski definition) is 1. The molecule has 0 fully saturated rings. The van der Waals surface area contributed by atoms with Crippen molar-refractivity contribution in [2.45, 2.75) is 19.4 Å². The van der Waals surface area contributed by atoms with Crippen molar-refractivity contribution in [2.75, 3.05) is 5.32 Å². The summed E-state index contributed by atoms with van der Waals surface area (Å²) in [5.41, 5.74) is 2.55. The molecule has 4 rings (SSSR count). The maximum absolute atomic E-state index is 12.3. The van der Waals surface area contributed by atoms with E-state index in [-0.39, 0.29) is 12.4 Å². The van der Waals surface area contributed by atoms with Gasteiger partial charge in [0.2, 0.25) is 0 Å². The SMILES string of the molecule is CCC(=O)Oc1c(C(Nc2ccccn2)c2ccccc2C#N)ccc2cccnc12. The topological polar surface area (TPSA) is 87.9 Å². The number of pyridine rings is 2. The van der Waals surface area contributed by atoms with Crippen molar-refractivity contribution in [3.63, 3.8) is 0 Å². The molecule has 31 heavy (non-hydrogen) atoms. The molecule has 2 heterocycles. The third-order valence-electron chi connectivity index (χ3n) is 4.92. The molecule has 0 amide bonds. The summed E-state index contributed by atoms with van der Waals surface area (Å²) in [6, 6.07) is 22.2. The molecule has 0 aliphatic carbocycles. The summed E-state index contributed by atoms with van der Waals surface area (Å²) in [4.78, 5) is 21.1. The molecule has 2 aromatic heterocycles. The van der Waals surface area contributed by atoms with Gasteiger partial charge in [0, 0.05) is 29.8 Å². The van der Waals surface area contributed by atoms with Crippen LogP contribution in [0.3, 0.4) is 0 Å². The van der Waals surface area contributed by atoms with Crippen LogP contribution in [0.4, 0.5) is 5.82 Å². The summed E-state index contributed by atoms with van der Waals surface area (Å²) < 4.78 is 5.78. The lowest BCUT2D eigenvalue weighted by atomic mass is 9.93. The van der Waals surface area contributed by atoms with Gasteiger partial charge in [-0.2, -0.15) is 5.26 Å². The maximum Gasteiger partial charge on any atom is 0.310 e. The van der Waals surface area contributed by atoms with Crippen LogP contribution in [-0.4, -0.2) is 15.9 Å². The number of nitrogens with zero attached hydrogens (tertiary/aromatic N) is 3. The van der Waals surface area contributed by atoms with Crippen molar-refractivity contribution in [1.29, 1.82) is 5.26 Å². The van der Waals surface area contributed by atoms with E-state index >= 15 is 0 Å². The predicted octanol–water partition coefficient (Wildman–Crippen LogP) is 5.02. The Morgan fingerprint density at radius 1 is 1.00 bits per heavy atom. The van der Waals surface area contributed by atoms with Crippen LogP contribution in [-0.2, 0) is 4.79 Å². The van der Waals surface area contributed by atoms with Crippen LogP contribution in [0.1, 0.15) is 36.1 Å². The maximum atomic E-state index is 12.3. The highest BCUT2D eigenvalue weighted by molar-refractivity contribution is 5.89. The van der Waals surface area contributed by atoms with E-state index in [1.165, 1.54) is 0 Å². The molecule has 0 aliphatic rings. The number of carbonyl (C=O) groups is 1. The number of nitrogens with one attached hydrogen (secondary N) is 1. The molecule has 0 saturated heterocycles. The molecule has 4 aromatic rings. The Kier molecular flexibility index (Phi) is 5.86. The van der Waals surface area contributed by atoms with Crippen molar-refractivity contribution in [3.8, 4) is 11.8 Å². The van der Waals surface area contributed by atoms with Crippen LogP contribution < -0.4 is 10.1 Å². The molecule has 6 heteroatoms. The zero-order chi connectivity index (χ0) is 21.6. The zero-order valence-electron chi connectivity index (χ0n) is 16.9. The van der Waals surface area contributed by atoms with E-state index in [0.717, 1.165) is 10.9 Å². The van der Waals surface area contributed by atoms with Gasteiger partial charge in [0.15, 0.2) is 5.75 Å². The molecule has 0 spiro atoms. The number of aromatic nitrogens is 2. The van der Waals surface area contributed by atoms with Crippen molar-refractivity contribution < 1.29 is 9.53 Å². The van der Waals surface area contributed by atoms with E-state index in [1.807, 2.05) is 60.7 Å². The van der Waals surface area contributed by atoms with Crippen molar-refractivity contribution in [1.82, 2.24) is 9.97 Å². The van der Waals surface area contributed by atoms with Crippen LogP contribution in [0.2, 0.25) is 0 Å². The van der Waals surface area contributed by atoms with Gasteiger partial charge < -0.3 is 10.1 Å². The summed E-state index contributed by atoms with van der Waals surface area (Å²) in [5.74, 6) is 0.657. The van der Waals surface area contributed by atoms with Crippen LogP contribution in [0.15, 0.2) is 79.1 Å². The Bertz CT molecular complexity index is 1270. The summed E-state index contributed by atoms with van der Waals surface area (Å²) in [7, 11) is 0. The Morgan fingerprint density at radius 3 is 2.58 bits per heavy atom. The number of benzene rings is 2. The minimum atomic E-state index is -0.489. The molecule has 0 bridgehead atoms. The fourth-order valence-electron chi connectivity index (χ4n) is 3.42. The van der Waals surface area contributed by atoms with Gasteiger partial charge in [-0.3, -0.25) is 9.78 Å². The molecule has 0 radical (unpaired) electrons. The van der Waals surface area contributed by atoms with E-state index < -0.39 is 6.04 Å². The highest BCUT2D eigenvalue weighted by Gasteiger charge is 2.25. The average Bonchev–Trinajstić information content (AvgIpc) is 2.83. The predicted molar refractivity (Wildman–Crippen MR) is 119 cm³/mol. The largest absolute Gasteiger partial charge is 0.424 e. The molecule has 6 nitrogen and oxygen atoms in total. The van der Waals surface area contributed by atoms with Gasteiger partial charge in [0.05, 0.1) is 17.7 Å². The lowest BCUT2D eigenvalue weighted by Crippen LogP contribution is -2.17. The van der Waals surface area contributed by atoms with Crippen molar-refractivity contribution >= 4 is 22.7 Å². The van der Waals surface area contributed by atoms with Crippen molar-refractivity contribution in [3.05, 3.63) is 95.8 Å². The van der Waals surface area contributed by atoms with Gasteiger partial charge in [-0.05, 0) is 29.8 Å². The van der Waals surface area contributed by atoms with Gasteiger partial charge in [0.25, 0.3) is 0 Å². The van der Waals surface area contributed by atoms with E-state index in [4.69, 9.17) is 4.74 Å². The molecule has 1 unspecified atom stereocenters. The van der Waals surface area contributed by atoms with E-state index in [1.54, 1.807) is 25.4 Å². The molecule has 0 saturated carbocycles. The summed E-state index contributed by atoms with van der Waals surface area (Å²) in [6.45, 7) is 1.75. The highest BCUT2D eigenvalue weighted by Crippen LogP contribution is 2.38. The number of rotatable bonds is 6. The van der Waals surface area contributed by atoms with Gasteiger partial charge in [-0.1, -0.05) is 49.4 Å². The fourth-order valence-corrected chi connectivity index (χ4v) is 3.42. The summed E-state index contributed by atoms with van der Waals surface area (Å²) in [6.07, 6.45) is 3.59. The number of nitriles is 1. The number of fused-ring (bicyclic) bond motifs is 1. The minimum Gasteiger partial charge on any atom is -0.424 e. The standard InChI is InChI=1S/C25H20N4O2/c1-2-22(30)31-25-20(13-12-17-9-7-15-28-23(17)25)24(29-21-11-5-6-14-27-21)19-10-4-3-8-18(19)16-26/h3-15,24H,2H2,1H3,(H,27,29). The quantitative estimate of drug-likeness (QED) is 0.356. The number of carbonyl (C=O) groups excluding carboxylic acids is 1. The monoisotopic (exact) mass is 408 g/mol. The Labute approximate surface area is 180 Å². The normalized spacial score (nSPS) is 11.5. The lowest BCUT2D eigenvalue weighted by Gasteiger charge is -2.24.